The lowest BCUT2D eigenvalue weighted by Crippen LogP contribution is -2.27. The van der Waals surface area contributed by atoms with Gasteiger partial charge in [-0.05, 0) is 23.5 Å². The van der Waals surface area contributed by atoms with Gasteiger partial charge in [0, 0.05) is 42.0 Å². The zero-order chi connectivity index (χ0) is 14.7. The molecule has 0 amide bonds. The van der Waals surface area contributed by atoms with E-state index in [1.54, 1.807) is 22.8 Å². The fourth-order valence-corrected chi connectivity index (χ4v) is 2.21. The quantitative estimate of drug-likeness (QED) is 0.644. The maximum absolute atomic E-state index is 12.2. The first kappa shape index (κ1) is 14.7. The Bertz CT molecular complexity index is 637. The smallest absolute Gasteiger partial charge is 0.176 e. The summed E-state index contributed by atoms with van der Waals surface area (Å²) in [6.45, 7) is 0. The predicted octanol–water partition coefficient (Wildman–Crippen LogP) is 2.66. The van der Waals surface area contributed by atoms with Gasteiger partial charge in [-0.2, -0.15) is 4.57 Å². The summed E-state index contributed by atoms with van der Waals surface area (Å²) < 4.78 is 1.69. The third-order valence-electron chi connectivity index (χ3n) is 2.81. The van der Waals surface area contributed by atoms with Crippen LogP contribution in [-0.4, -0.2) is 14.1 Å². The molecule has 0 spiro atoms. The predicted molar refractivity (Wildman–Crippen MR) is 81.6 cm³/mol. The first-order chi connectivity index (χ1) is 9.47. The summed E-state index contributed by atoms with van der Waals surface area (Å²) in [5.74, 6) is -0.172. The van der Waals surface area contributed by atoms with E-state index in [-0.39, 0.29) is 5.76 Å². The van der Waals surface area contributed by atoms with Gasteiger partial charge >= 0.3 is 0 Å². The summed E-state index contributed by atoms with van der Waals surface area (Å²) >= 11 is 11.8. The standard InChI is InChI=1S/C15H14Cl2N2O/c1-18(2)12-5-7-19(8-6-12)10-15(20)13-4-3-11(16)9-14(13)17/h3-10H,1-2H3/b15-10+. The number of pyridine rings is 1. The van der Waals surface area contributed by atoms with Crippen LogP contribution in [0.5, 0.6) is 0 Å². The maximum atomic E-state index is 12.2. The van der Waals surface area contributed by atoms with E-state index in [1.807, 2.05) is 43.5 Å². The van der Waals surface area contributed by atoms with Gasteiger partial charge in [0.15, 0.2) is 18.6 Å². The summed E-state index contributed by atoms with van der Waals surface area (Å²) in [4.78, 5) is 1.99. The minimum absolute atomic E-state index is 0.172. The van der Waals surface area contributed by atoms with E-state index in [2.05, 4.69) is 0 Å². The monoisotopic (exact) mass is 308 g/mol. The van der Waals surface area contributed by atoms with Gasteiger partial charge in [-0.15, -0.1) is 0 Å². The molecule has 0 radical (unpaired) electrons. The molecule has 2 rings (SSSR count). The van der Waals surface area contributed by atoms with Gasteiger partial charge in [-0.25, -0.2) is 0 Å². The van der Waals surface area contributed by atoms with Crippen LogP contribution in [-0.2, 0) is 0 Å². The second kappa shape index (κ2) is 6.16. The lowest BCUT2D eigenvalue weighted by molar-refractivity contribution is -0.569. The summed E-state index contributed by atoms with van der Waals surface area (Å²) in [6, 6.07) is 8.68. The van der Waals surface area contributed by atoms with Crippen molar-refractivity contribution < 1.29 is 9.67 Å². The fourth-order valence-electron chi connectivity index (χ4n) is 1.71. The SMILES string of the molecule is CN(C)c1cc[n+](/C=C(/[O-])c2ccc(Cl)cc2Cl)cc1. The van der Waals surface area contributed by atoms with Crippen molar-refractivity contribution in [1.82, 2.24) is 0 Å². The number of hydrogen-bond acceptors (Lipinski definition) is 2. The van der Waals surface area contributed by atoms with Crippen molar-refractivity contribution in [2.45, 2.75) is 0 Å². The van der Waals surface area contributed by atoms with E-state index in [0.717, 1.165) is 5.69 Å². The highest BCUT2D eigenvalue weighted by Gasteiger charge is 2.04. The summed E-state index contributed by atoms with van der Waals surface area (Å²) in [5.41, 5.74) is 1.49. The zero-order valence-electron chi connectivity index (χ0n) is 11.2. The molecule has 0 atom stereocenters. The van der Waals surface area contributed by atoms with Crippen LogP contribution >= 0.6 is 23.2 Å². The van der Waals surface area contributed by atoms with Crippen molar-refractivity contribution in [2.24, 2.45) is 0 Å². The molecule has 104 valence electrons. The van der Waals surface area contributed by atoms with Crippen LogP contribution in [0.4, 0.5) is 5.69 Å². The molecule has 1 heterocycles. The Hall–Kier alpha value is -1.71. The molecular weight excluding hydrogens is 295 g/mol. The van der Waals surface area contributed by atoms with Crippen LogP contribution < -0.4 is 14.6 Å². The minimum Gasteiger partial charge on any atom is -0.868 e. The van der Waals surface area contributed by atoms with Crippen LogP contribution in [0.3, 0.4) is 0 Å². The number of benzene rings is 1. The molecule has 3 nitrogen and oxygen atoms in total. The maximum Gasteiger partial charge on any atom is 0.176 e. The molecule has 20 heavy (non-hydrogen) atoms. The highest BCUT2D eigenvalue weighted by molar-refractivity contribution is 6.35. The summed E-state index contributed by atoms with van der Waals surface area (Å²) in [5, 5.41) is 13.0. The number of anilines is 1. The van der Waals surface area contributed by atoms with E-state index in [1.165, 1.54) is 6.20 Å². The van der Waals surface area contributed by atoms with Crippen molar-refractivity contribution in [2.75, 3.05) is 19.0 Å². The first-order valence-corrected chi connectivity index (χ1v) is 6.75. The second-order valence-electron chi connectivity index (χ2n) is 4.52. The number of nitrogens with zero attached hydrogens (tertiary/aromatic N) is 2. The van der Waals surface area contributed by atoms with Gasteiger partial charge in [-0.3, -0.25) is 0 Å². The average Bonchev–Trinajstić information content (AvgIpc) is 2.39. The molecule has 0 aliphatic carbocycles. The molecule has 0 bridgehead atoms. The fraction of sp³-hybridized carbons (Fsp3) is 0.133. The van der Waals surface area contributed by atoms with Crippen molar-refractivity contribution in [3.05, 3.63) is 58.3 Å². The second-order valence-corrected chi connectivity index (χ2v) is 5.36. The van der Waals surface area contributed by atoms with Crippen molar-refractivity contribution >= 4 is 40.8 Å². The lowest BCUT2D eigenvalue weighted by Gasteiger charge is -2.12. The van der Waals surface area contributed by atoms with Gasteiger partial charge in [0.25, 0.3) is 0 Å². The number of halogens is 2. The van der Waals surface area contributed by atoms with Gasteiger partial charge in [0.1, 0.15) is 0 Å². The Labute approximate surface area is 128 Å². The molecule has 2 aromatic rings. The molecule has 0 saturated heterocycles. The van der Waals surface area contributed by atoms with Gasteiger partial charge in [-0.1, -0.05) is 29.3 Å². The van der Waals surface area contributed by atoms with E-state index in [0.29, 0.717) is 15.6 Å². The van der Waals surface area contributed by atoms with Crippen LogP contribution in [0.2, 0.25) is 10.0 Å². The Morgan fingerprint density at radius 3 is 2.35 bits per heavy atom. The summed E-state index contributed by atoms with van der Waals surface area (Å²) in [6.07, 6.45) is 5.11. The lowest BCUT2D eigenvalue weighted by atomic mass is 10.2. The summed E-state index contributed by atoms with van der Waals surface area (Å²) in [7, 11) is 3.92. The van der Waals surface area contributed by atoms with Crippen LogP contribution in [0.15, 0.2) is 42.7 Å². The molecule has 0 saturated carbocycles. The molecular formula is C15H14Cl2N2O. The van der Waals surface area contributed by atoms with Crippen LogP contribution in [0, 0.1) is 0 Å². The van der Waals surface area contributed by atoms with Crippen molar-refractivity contribution in [3.63, 3.8) is 0 Å². The van der Waals surface area contributed by atoms with Gasteiger partial charge in [0.2, 0.25) is 0 Å². The number of aromatic nitrogens is 1. The zero-order valence-corrected chi connectivity index (χ0v) is 12.7. The Balaban J connectivity index is 2.29. The molecule has 0 unspecified atom stereocenters. The molecule has 0 aliphatic rings. The molecule has 0 fully saturated rings. The largest absolute Gasteiger partial charge is 0.868 e. The molecule has 0 aliphatic heterocycles. The number of hydrogen-bond donors (Lipinski definition) is 0. The third kappa shape index (κ3) is 3.44. The normalized spacial score (nSPS) is 11.5. The molecule has 5 heteroatoms. The highest BCUT2D eigenvalue weighted by Crippen LogP contribution is 2.24. The number of rotatable bonds is 3. The van der Waals surface area contributed by atoms with Crippen molar-refractivity contribution in [3.8, 4) is 0 Å². The Kier molecular flexibility index (Phi) is 4.53. The molecule has 1 aromatic heterocycles. The van der Waals surface area contributed by atoms with Gasteiger partial charge in [0.05, 0.1) is 0 Å². The van der Waals surface area contributed by atoms with Gasteiger partial charge < -0.3 is 10.0 Å². The van der Waals surface area contributed by atoms with E-state index < -0.39 is 0 Å². The Morgan fingerprint density at radius 2 is 1.80 bits per heavy atom. The molecule has 1 aromatic carbocycles. The van der Waals surface area contributed by atoms with E-state index >= 15 is 0 Å². The topological polar surface area (TPSA) is 30.2 Å². The highest BCUT2D eigenvalue weighted by atomic mass is 35.5. The Morgan fingerprint density at radius 1 is 1.15 bits per heavy atom. The minimum atomic E-state index is -0.172. The van der Waals surface area contributed by atoms with Crippen LogP contribution in [0.25, 0.3) is 12.0 Å². The first-order valence-electron chi connectivity index (χ1n) is 6.00. The molecule has 0 N–H and O–H groups in total. The van der Waals surface area contributed by atoms with E-state index in [4.69, 9.17) is 23.2 Å². The third-order valence-corrected chi connectivity index (χ3v) is 3.36. The van der Waals surface area contributed by atoms with Crippen LogP contribution in [0.1, 0.15) is 5.56 Å². The van der Waals surface area contributed by atoms with Crippen molar-refractivity contribution in [1.29, 1.82) is 0 Å². The van der Waals surface area contributed by atoms with E-state index in [9.17, 15) is 5.11 Å². The average molecular weight is 309 g/mol.